The monoisotopic (exact) mass is 421 g/mol. The topological polar surface area (TPSA) is 45.7 Å². The maximum Gasteiger partial charge on any atom is 0.255 e. The van der Waals surface area contributed by atoms with E-state index in [1.165, 1.54) is 0 Å². The van der Waals surface area contributed by atoms with Crippen molar-refractivity contribution in [3.63, 3.8) is 0 Å². The molecule has 2 heterocycles. The smallest absolute Gasteiger partial charge is 0.255 e. The van der Waals surface area contributed by atoms with E-state index in [1.54, 1.807) is 30.6 Å². The number of amides is 1. The third-order valence-electron chi connectivity index (χ3n) is 4.61. The number of hydrogen-bond acceptors (Lipinski definition) is 5. The Bertz CT molecular complexity index is 1000. The van der Waals surface area contributed by atoms with E-state index in [0.717, 1.165) is 15.3 Å². The molecule has 0 radical (unpaired) electrons. The van der Waals surface area contributed by atoms with Crippen molar-refractivity contribution in [2.24, 2.45) is 0 Å². The molecular weight excluding hydrogens is 405 g/mol. The van der Waals surface area contributed by atoms with Crippen molar-refractivity contribution < 1.29 is 9.53 Å². The number of aromatic nitrogens is 1. The number of anilines is 1. The van der Waals surface area contributed by atoms with E-state index in [1.807, 2.05) is 29.2 Å². The molecule has 1 amide bonds. The Labute approximate surface area is 171 Å². The van der Waals surface area contributed by atoms with Crippen LogP contribution < -0.4 is 9.64 Å². The first-order chi connectivity index (χ1) is 13.1. The molecule has 140 valence electrons. The number of fused-ring (bicyclic) bond motifs is 1. The van der Waals surface area contributed by atoms with E-state index >= 15 is 0 Å². The van der Waals surface area contributed by atoms with Gasteiger partial charge in [0.1, 0.15) is 11.3 Å². The van der Waals surface area contributed by atoms with Gasteiger partial charge in [-0.3, -0.25) is 4.79 Å². The molecule has 27 heavy (non-hydrogen) atoms. The summed E-state index contributed by atoms with van der Waals surface area (Å²) in [6.45, 7) is 2.64. The van der Waals surface area contributed by atoms with Crippen LogP contribution in [0.3, 0.4) is 0 Å². The Morgan fingerprint density at radius 1 is 1.07 bits per heavy atom. The Balaban J connectivity index is 1.51. The van der Waals surface area contributed by atoms with Crippen LogP contribution in [-0.2, 0) is 0 Å². The Morgan fingerprint density at radius 3 is 2.52 bits per heavy atom. The first kappa shape index (κ1) is 18.3. The summed E-state index contributed by atoms with van der Waals surface area (Å²) in [7, 11) is 1.63. The van der Waals surface area contributed by atoms with Gasteiger partial charge in [0.05, 0.1) is 27.4 Å². The zero-order valence-corrected chi connectivity index (χ0v) is 16.9. The Hall–Kier alpha value is -2.02. The number of carbonyl (C=O) groups excluding carboxylic acids is 1. The molecule has 1 aliphatic heterocycles. The van der Waals surface area contributed by atoms with E-state index < -0.39 is 0 Å². The fourth-order valence-electron chi connectivity index (χ4n) is 3.15. The molecule has 3 aromatic rings. The van der Waals surface area contributed by atoms with Gasteiger partial charge in [0.2, 0.25) is 0 Å². The molecule has 0 atom stereocenters. The zero-order chi connectivity index (χ0) is 19.0. The van der Waals surface area contributed by atoms with Crippen LogP contribution in [0.4, 0.5) is 5.13 Å². The lowest BCUT2D eigenvalue weighted by atomic mass is 10.2. The van der Waals surface area contributed by atoms with Gasteiger partial charge < -0.3 is 14.5 Å². The molecule has 1 aliphatic rings. The number of ether oxygens (including phenoxy) is 1. The predicted octanol–water partition coefficient (Wildman–Crippen LogP) is 4.57. The highest BCUT2D eigenvalue weighted by Gasteiger charge is 2.25. The van der Waals surface area contributed by atoms with Crippen molar-refractivity contribution in [1.29, 1.82) is 0 Å². The number of nitrogens with zero attached hydrogens (tertiary/aromatic N) is 3. The van der Waals surface area contributed by atoms with Gasteiger partial charge in [-0.2, -0.15) is 0 Å². The van der Waals surface area contributed by atoms with Crippen molar-refractivity contribution in [3.8, 4) is 5.75 Å². The summed E-state index contributed by atoms with van der Waals surface area (Å²) in [5.74, 6) is 0.679. The molecule has 4 rings (SSSR count). The summed E-state index contributed by atoms with van der Waals surface area (Å²) in [6.07, 6.45) is 0. The lowest BCUT2D eigenvalue weighted by Gasteiger charge is -2.34. The van der Waals surface area contributed by atoms with E-state index in [9.17, 15) is 4.79 Å². The van der Waals surface area contributed by atoms with Gasteiger partial charge in [-0.1, -0.05) is 46.7 Å². The Kier molecular flexibility index (Phi) is 5.12. The standard InChI is InChI=1S/C19H17Cl2N3O2S/c1-26-15-7-6-14(21)17-16(15)22-19(27-17)24-10-8-23(9-11-24)18(25)12-4-2-3-5-13(12)20/h2-7H,8-11H2,1H3. The number of benzene rings is 2. The van der Waals surface area contributed by atoms with Crippen LogP contribution in [-0.4, -0.2) is 49.1 Å². The number of carbonyl (C=O) groups is 1. The molecule has 2 aromatic carbocycles. The van der Waals surface area contributed by atoms with E-state index in [2.05, 4.69) is 4.90 Å². The molecular formula is C19H17Cl2N3O2S. The normalized spacial score (nSPS) is 14.6. The quantitative estimate of drug-likeness (QED) is 0.620. The molecule has 0 spiro atoms. The SMILES string of the molecule is COc1ccc(Cl)c2sc(N3CCN(C(=O)c4ccccc4Cl)CC3)nc12. The minimum absolute atomic E-state index is 0.0331. The van der Waals surface area contributed by atoms with Crippen LogP contribution >= 0.6 is 34.5 Å². The van der Waals surface area contributed by atoms with Crippen molar-refractivity contribution in [3.05, 3.63) is 52.0 Å². The van der Waals surface area contributed by atoms with Gasteiger partial charge in [0, 0.05) is 26.2 Å². The van der Waals surface area contributed by atoms with Crippen molar-refractivity contribution >= 4 is 55.8 Å². The number of rotatable bonds is 3. The molecule has 0 bridgehead atoms. The minimum atomic E-state index is -0.0331. The second-order valence-corrected chi connectivity index (χ2v) is 7.97. The van der Waals surface area contributed by atoms with Crippen LogP contribution in [0.5, 0.6) is 5.75 Å². The van der Waals surface area contributed by atoms with Gasteiger partial charge in [0.25, 0.3) is 5.91 Å². The van der Waals surface area contributed by atoms with Gasteiger partial charge in [-0.15, -0.1) is 0 Å². The lowest BCUT2D eigenvalue weighted by Crippen LogP contribution is -2.48. The lowest BCUT2D eigenvalue weighted by molar-refractivity contribution is 0.0747. The van der Waals surface area contributed by atoms with E-state index in [-0.39, 0.29) is 5.91 Å². The fraction of sp³-hybridized carbons (Fsp3) is 0.263. The van der Waals surface area contributed by atoms with Gasteiger partial charge in [-0.25, -0.2) is 4.98 Å². The highest BCUT2D eigenvalue weighted by atomic mass is 35.5. The highest BCUT2D eigenvalue weighted by molar-refractivity contribution is 7.22. The highest BCUT2D eigenvalue weighted by Crippen LogP contribution is 2.38. The van der Waals surface area contributed by atoms with Crippen LogP contribution in [0.1, 0.15) is 10.4 Å². The number of thiazole rings is 1. The third kappa shape index (κ3) is 3.45. The summed E-state index contributed by atoms with van der Waals surface area (Å²) >= 11 is 14.0. The van der Waals surface area contributed by atoms with Crippen molar-refractivity contribution in [2.45, 2.75) is 0 Å². The summed E-state index contributed by atoms with van der Waals surface area (Å²) < 4.78 is 6.31. The largest absolute Gasteiger partial charge is 0.494 e. The summed E-state index contributed by atoms with van der Waals surface area (Å²) in [5, 5.41) is 2.04. The van der Waals surface area contributed by atoms with Gasteiger partial charge >= 0.3 is 0 Å². The fourth-order valence-corrected chi connectivity index (χ4v) is 4.67. The number of hydrogen-bond donors (Lipinski definition) is 0. The molecule has 1 saturated heterocycles. The van der Waals surface area contributed by atoms with E-state index in [4.69, 9.17) is 32.9 Å². The number of halogens is 2. The number of methoxy groups -OCH3 is 1. The average Bonchev–Trinajstić information content (AvgIpc) is 3.15. The van der Waals surface area contributed by atoms with Crippen molar-refractivity contribution in [2.75, 3.05) is 38.2 Å². The first-order valence-electron chi connectivity index (χ1n) is 8.50. The van der Waals surface area contributed by atoms with Gasteiger partial charge in [0.15, 0.2) is 5.13 Å². The zero-order valence-electron chi connectivity index (χ0n) is 14.6. The molecule has 1 fully saturated rings. The second-order valence-electron chi connectivity index (χ2n) is 6.18. The molecule has 0 aliphatic carbocycles. The van der Waals surface area contributed by atoms with Crippen molar-refractivity contribution in [1.82, 2.24) is 9.88 Å². The first-order valence-corrected chi connectivity index (χ1v) is 10.1. The maximum atomic E-state index is 12.7. The number of piperazine rings is 1. The summed E-state index contributed by atoms with van der Waals surface area (Å²) in [5.41, 5.74) is 1.32. The van der Waals surface area contributed by atoms with Crippen LogP contribution in [0, 0.1) is 0 Å². The minimum Gasteiger partial charge on any atom is -0.494 e. The predicted molar refractivity (Wildman–Crippen MR) is 111 cm³/mol. The second kappa shape index (κ2) is 7.54. The average molecular weight is 422 g/mol. The molecule has 1 aromatic heterocycles. The van der Waals surface area contributed by atoms with E-state index in [0.29, 0.717) is 47.5 Å². The molecule has 5 nitrogen and oxygen atoms in total. The third-order valence-corrected chi connectivity index (χ3v) is 6.51. The Morgan fingerprint density at radius 2 is 1.81 bits per heavy atom. The maximum absolute atomic E-state index is 12.7. The van der Waals surface area contributed by atoms with Crippen LogP contribution in [0.15, 0.2) is 36.4 Å². The van der Waals surface area contributed by atoms with Crippen LogP contribution in [0.25, 0.3) is 10.2 Å². The summed E-state index contributed by atoms with van der Waals surface area (Å²) in [4.78, 5) is 21.4. The molecule has 0 N–H and O–H groups in total. The molecule has 8 heteroatoms. The van der Waals surface area contributed by atoms with Gasteiger partial charge in [-0.05, 0) is 24.3 Å². The molecule has 0 saturated carbocycles. The summed E-state index contributed by atoms with van der Waals surface area (Å²) in [6, 6.07) is 10.8. The van der Waals surface area contributed by atoms with Crippen LogP contribution in [0.2, 0.25) is 10.0 Å². The molecule has 0 unspecified atom stereocenters.